The molecule has 6 nitrogen and oxygen atoms in total. The molecule has 0 aliphatic carbocycles. The van der Waals surface area contributed by atoms with Gasteiger partial charge in [-0.3, -0.25) is 4.79 Å². The predicted molar refractivity (Wildman–Crippen MR) is 63.5 cm³/mol. The van der Waals surface area contributed by atoms with Crippen LogP contribution < -0.4 is 4.72 Å². The number of hydrogen-bond acceptors (Lipinski definition) is 4. The number of fused-ring (bicyclic) bond motifs is 1. The van der Waals surface area contributed by atoms with E-state index in [4.69, 9.17) is 5.11 Å². The molecule has 0 bridgehead atoms. The van der Waals surface area contributed by atoms with Crippen molar-refractivity contribution in [3.63, 3.8) is 0 Å². The van der Waals surface area contributed by atoms with Crippen LogP contribution in [0.15, 0.2) is 41.3 Å². The van der Waals surface area contributed by atoms with Crippen molar-refractivity contribution in [1.29, 1.82) is 0 Å². The maximum atomic E-state index is 11.1. The summed E-state index contributed by atoms with van der Waals surface area (Å²) in [5.41, 5.74) is 0.396. The lowest BCUT2D eigenvalue weighted by Crippen LogP contribution is -2.20. The molecule has 1 amide bonds. The van der Waals surface area contributed by atoms with E-state index in [9.17, 15) is 18.0 Å². The Labute approximate surface area is 104 Å². The molecule has 18 heavy (non-hydrogen) atoms. The standard InChI is InChI=1S/C7H5NO3S.C4H6O2/c9-7-5-3-1-2-4-6(5)12(10,11)8-7;1-3(2)4(5)6/h1-4H,(H,8,9);1H2,2H3,(H,5,6). The minimum Gasteiger partial charge on any atom is -0.478 e. The Morgan fingerprint density at radius 3 is 2.28 bits per heavy atom. The van der Waals surface area contributed by atoms with Gasteiger partial charge in [-0.2, -0.15) is 0 Å². The van der Waals surface area contributed by atoms with Gasteiger partial charge in [-0.05, 0) is 19.1 Å². The van der Waals surface area contributed by atoms with Crippen LogP contribution in [0.3, 0.4) is 0 Å². The van der Waals surface area contributed by atoms with E-state index in [0.29, 0.717) is 0 Å². The van der Waals surface area contributed by atoms with Gasteiger partial charge in [0.2, 0.25) is 0 Å². The molecule has 0 unspecified atom stereocenters. The monoisotopic (exact) mass is 269 g/mol. The maximum Gasteiger partial charge on any atom is 0.330 e. The number of amides is 1. The van der Waals surface area contributed by atoms with Crippen molar-refractivity contribution >= 4 is 21.9 Å². The molecular formula is C11H11NO5S. The van der Waals surface area contributed by atoms with Crippen LogP contribution in [0.1, 0.15) is 17.3 Å². The number of carboxylic acids is 1. The van der Waals surface area contributed by atoms with E-state index in [1.165, 1.54) is 19.1 Å². The van der Waals surface area contributed by atoms with Gasteiger partial charge < -0.3 is 5.11 Å². The van der Waals surface area contributed by atoms with Crippen molar-refractivity contribution in [3.8, 4) is 0 Å². The van der Waals surface area contributed by atoms with Crippen LogP contribution in [-0.4, -0.2) is 25.4 Å². The van der Waals surface area contributed by atoms with E-state index in [1.807, 2.05) is 4.72 Å². The van der Waals surface area contributed by atoms with Gasteiger partial charge in [0.1, 0.15) is 4.90 Å². The fraction of sp³-hybridized carbons (Fsp3) is 0.0909. The molecule has 0 atom stereocenters. The van der Waals surface area contributed by atoms with Crippen LogP contribution in [-0.2, 0) is 14.8 Å². The van der Waals surface area contributed by atoms with Crippen LogP contribution in [0.4, 0.5) is 0 Å². The van der Waals surface area contributed by atoms with Crippen molar-refractivity contribution in [2.24, 2.45) is 0 Å². The second-order valence-electron chi connectivity index (χ2n) is 3.52. The molecule has 1 aliphatic rings. The Kier molecular flexibility index (Phi) is 3.87. The molecule has 1 aromatic carbocycles. The fourth-order valence-electron chi connectivity index (χ4n) is 1.12. The van der Waals surface area contributed by atoms with E-state index in [2.05, 4.69) is 6.58 Å². The van der Waals surface area contributed by atoms with Crippen LogP contribution in [0, 0.1) is 0 Å². The number of carbonyl (C=O) groups is 2. The summed E-state index contributed by atoms with van der Waals surface area (Å²) in [6, 6.07) is 6.09. The van der Waals surface area contributed by atoms with Crippen molar-refractivity contribution < 1.29 is 23.1 Å². The van der Waals surface area contributed by atoms with Gasteiger partial charge in [0.05, 0.1) is 5.56 Å². The minimum absolute atomic E-state index is 0.0648. The normalized spacial score (nSPS) is 14.8. The summed E-state index contributed by atoms with van der Waals surface area (Å²) in [5, 5.41) is 7.89. The average molecular weight is 269 g/mol. The zero-order chi connectivity index (χ0) is 13.9. The van der Waals surface area contributed by atoms with Gasteiger partial charge in [-0.1, -0.05) is 18.7 Å². The van der Waals surface area contributed by atoms with Crippen molar-refractivity contribution in [2.45, 2.75) is 11.8 Å². The molecule has 0 spiro atoms. The summed E-state index contributed by atoms with van der Waals surface area (Å²) in [5.74, 6) is -1.49. The molecule has 0 aromatic heterocycles. The minimum atomic E-state index is -3.55. The quantitative estimate of drug-likeness (QED) is 0.733. The van der Waals surface area contributed by atoms with Crippen LogP contribution in [0.25, 0.3) is 0 Å². The molecule has 7 heteroatoms. The Balaban J connectivity index is 0.000000232. The summed E-state index contributed by atoms with van der Waals surface area (Å²) < 4.78 is 24.2. The zero-order valence-electron chi connectivity index (χ0n) is 9.50. The molecular weight excluding hydrogens is 258 g/mol. The molecule has 1 aromatic rings. The highest BCUT2D eigenvalue weighted by molar-refractivity contribution is 7.90. The summed E-state index contributed by atoms with van der Waals surface area (Å²) in [6.45, 7) is 4.60. The number of rotatable bonds is 1. The van der Waals surface area contributed by atoms with Gasteiger partial charge in [-0.25, -0.2) is 17.9 Å². The molecule has 0 radical (unpaired) electrons. The van der Waals surface area contributed by atoms with Crippen LogP contribution in [0.2, 0.25) is 0 Å². The van der Waals surface area contributed by atoms with Gasteiger partial charge in [0.25, 0.3) is 15.9 Å². The SMILES string of the molecule is C=C(C)C(=O)O.O=C1NS(=O)(=O)c2ccccc21. The molecule has 1 aliphatic heterocycles. The predicted octanol–water partition coefficient (Wildman–Crippen LogP) is 0.766. The van der Waals surface area contributed by atoms with E-state index >= 15 is 0 Å². The fourth-order valence-corrected chi connectivity index (χ4v) is 2.29. The molecule has 1 heterocycles. The van der Waals surface area contributed by atoms with Crippen molar-refractivity contribution in [3.05, 3.63) is 42.0 Å². The molecule has 2 rings (SSSR count). The van der Waals surface area contributed by atoms with Crippen LogP contribution >= 0.6 is 0 Å². The summed E-state index contributed by atoms with van der Waals surface area (Å²) in [4.78, 5) is 20.7. The molecule has 0 saturated heterocycles. The highest BCUT2D eigenvalue weighted by Gasteiger charge is 2.31. The summed E-state index contributed by atoms with van der Waals surface area (Å²) in [7, 11) is -3.55. The number of aliphatic carboxylic acids is 1. The Hall–Kier alpha value is -2.15. The van der Waals surface area contributed by atoms with Crippen molar-refractivity contribution in [2.75, 3.05) is 0 Å². The lowest BCUT2D eigenvalue weighted by Gasteiger charge is -1.91. The summed E-state index contributed by atoms with van der Waals surface area (Å²) in [6.07, 6.45) is 0. The number of carboxylic acid groups (broad SMARTS) is 1. The number of benzene rings is 1. The zero-order valence-corrected chi connectivity index (χ0v) is 10.3. The third-order valence-electron chi connectivity index (χ3n) is 2.01. The number of sulfonamides is 1. The largest absolute Gasteiger partial charge is 0.478 e. The van der Waals surface area contributed by atoms with Crippen LogP contribution in [0.5, 0.6) is 0 Å². The van der Waals surface area contributed by atoms with Gasteiger partial charge >= 0.3 is 5.97 Å². The first-order chi connectivity index (χ1) is 8.25. The lowest BCUT2D eigenvalue weighted by atomic mass is 10.2. The Morgan fingerprint density at radius 1 is 1.33 bits per heavy atom. The second kappa shape index (κ2) is 5.01. The topological polar surface area (TPSA) is 101 Å². The Bertz CT molecular complexity index is 606. The number of hydrogen-bond donors (Lipinski definition) is 2. The third kappa shape index (κ3) is 2.95. The summed E-state index contributed by atoms with van der Waals surface area (Å²) >= 11 is 0. The first kappa shape index (κ1) is 13.9. The number of nitrogens with one attached hydrogen (secondary N) is 1. The van der Waals surface area contributed by atoms with Gasteiger partial charge in [0, 0.05) is 5.57 Å². The maximum absolute atomic E-state index is 11.1. The highest BCUT2D eigenvalue weighted by atomic mass is 32.2. The third-order valence-corrected chi connectivity index (χ3v) is 3.40. The Morgan fingerprint density at radius 2 is 1.83 bits per heavy atom. The van der Waals surface area contributed by atoms with Gasteiger partial charge in [0.15, 0.2) is 0 Å². The van der Waals surface area contributed by atoms with E-state index in [-0.39, 0.29) is 16.0 Å². The average Bonchev–Trinajstić information content (AvgIpc) is 2.51. The number of carbonyl (C=O) groups excluding carboxylic acids is 1. The smallest absolute Gasteiger partial charge is 0.330 e. The van der Waals surface area contributed by atoms with E-state index in [1.54, 1.807) is 12.1 Å². The molecule has 0 fully saturated rings. The van der Waals surface area contributed by atoms with Crippen molar-refractivity contribution in [1.82, 2.24) is 4.72 Å². The van der Waals surface area contributed by atoms with E-state index in [0.717, 1.165) is 0 Å². The molecule has 2 N–H and O–H groups in total. The molecule has 0 saturated carbocycles. The second-order valence-corrected chi connectivity index (χ2v) is 5.17. The molecule has 96 valence electrons. The first-order valence-corrected chi connectivity index (χ1v) is 6.29. The first-order valence-electron chi connectivity index (χ1n) is 4.80. The van der Waals surface area contributed by atoms with Gasteiger partial charge in [-0.15, -0.1) is 0 Å². The highest BCUT2D eigenvalue weighted by Crippen LogP contribution is 2.20. The van der Waals surface area contributed by atoms with E-state index < -0.39 is 21.9 Å². The lowest BCUT2D eigenvalue weighted by molar-refractivity contribution is -0.132.